The van der Waals surface area contributed by atoms with Crippen molar-refractivity contribution in [3.05, 3.63) is 71.2 Å². The Morgan fingerprint density at radius 3 is 1.25 bits per heavy atom. The van der Waals surface area contributed by atoms with E-state index < -0.39 is 0 Å². The molecule has 6 heteroatoms. The maximum absolute atomic E-state index is 12.4. The molecule has 2 aromatic carbocycles. The maximum Gasteiger partial charge on any atom is 0.168 e. The molecular weight excluding hydrogens is 452 g/mol. The number of nitrogens with zero attached hydrogens (tertiary/aromatic N) is 2. The van der Waals surface area contributed by atoms with Gasteiger partial charge >= 0.3 is 0 Å². The molecule has 0 aromatic heterocycles. The fourth-order valence-electron chi connectivity index (χ4n) is 4.65. The average molecular weight is 485 g/mol. The molecule has 0 saturated heterocycles. The van der Waals surface area contributed by atoms with Gasteiger partial charge in [-0.2, -0.15) is 0 Å². The van der Waals surface area contributed by atoms with Crippen LogP contribution in [0.15, 0.2) is 81.2 Å². The van der Waals surface area contributed by atoms with E-state index in [2.05, 4.69) is 9.98 Å². The quantitative estimate of drug-likeness (QED) is 0.440. The summed E-state index contributed by atoms with van der Waals surface area (Å²) < 4.78 is 0. The summed E-state index contributed by atoms with van der Waals surface area (Å²) in [6.07, 6.45) is 4.63. The Morgan fingerprint density at radius 2 is 0.944 bits per heavy atom. The molecule has 36 heavy (non-hydrogen) atoms. The van der Waals surface area contributed by atoms with Crippen LogP contribution in [-0.4, -0.2) is 34.2 Å². The van der Waals surface area contributed by atoms with Crippen LogP contribution in [0.3, 0.4) is 0 Å². The van der Waals surface area contributed by atoms with Crippen LogP contribution in [0.5, 0.6) is 0 Å². The van der Waals surface area contributed by atoms with E-state index in [9.17, 15) is 19.8 Å². The Morgan fingerprint density at radius 1 is 0.611 bits per heavy atom. The molecule has 0 bridgehead atoms. The predicted molar refractivity (Wildman–Crippen MR) is 144 cm³/mol. The number of benzene rings is 2. The molecule has 0 amide bonds. The highest BCUT2D eigenvalue weighted by Gasteiger charge is 2.33. The van der Waals surface area contributed by atoms with Crippen LogP contribution in [0.25, 0.3) is 11.1 Å². The van der Waals surface area contributed by atoms with Gasteiger partial charge in [-0.15, -0.1) is 0 Å². The van der Waals surface area contributed by atoms with Gasteiger partial charge in [0.25, 0.3) is 0 Å². The van der Waals surface area contributed by atoms with Gasteiger partial charge in [-0.3, -0.25) is 19.6 Å². The summed E-state index contributed by atoms with van der Waals surface area (Å²) in [4.78, 5) is 33.5. The van der Waals surface area contributed by atoms with Gasteiger partial charge in [0.1, 0.15) is 11.5 Å². The van der Waals surface area contributed by atoms with Crippen molar-refractivity contribution >= 4 is 35.4 Å². The first-order valence-corrected chi connectivity index (χ1v) is 12.1. The van der Waals surface area contributed by atoms with E-state index in [-0.39, 0.29) is 45.1 Å². The van der Waals surface area contributed by atoms with Crippen LogP contribution in [0.1, 0.15) is 53.4 Å². The second-order valence-electron chi connectivity index (χ2n) is 11.2. The van der Waals surface area contributed by atoms with Crippen molar-refractivity contribution in [3.8, 4) is 11.1 Å². The van der Waals surface area contributed by atoms with Crippen molar-refractivity contribution in [3.63, 3.8) is 0 Å². The van der Waals surface area contributed by atoms with E-state index in [1.54, 1.807) is 0 Å². The summed E-state index contributed by atoms with van der Waals surface area (Å²) in [5, 5.41) is 20.5. The van der Waals surface area contributed by atoms with Gasteiger partial charge in [0.2, 0.25) is 0 Å². The van der Waals surface area contributed by atoms with E-state index in [0.29, 0.717) is 37.1 Å². The molecule has 2 aromatic rings. The maximum atomic E-state index is 12.4. The highest BCUT2D eigenvalue weighted by atomic mass is 16.3. The first-order valence-electron chi connectivity index (χ1n) is 12.1. The SMILES string of the molecule is CC1(C)CC(=O)C(C=Nc2ccc(-c3ccc(N=CC4=C(O)CC(C)(C)CC4=O)cc3)cc2)=C(O)C1. The average Bonchev–Trinajstić information content (AvgIpc) is 2.77. The molecule has 0 radical (unpaired) electrons. The summed E-state index contributed by atoms with van der Waals surface area (Å²) in [6, 6.07) is 15.2. The zero-order chi connectivity index (χ0) is 26.1. The molecule has 4 rings (SSSR count). The molecule has 186 valence electrons. The first-order chi connectivity index (χ1) is 16.9. The second-order valence-corrected chi connectivity index (χ2v) is 11.2. The zero-order valence-corrected chi connectivity index (χ0v) is 21.2. The molecule has 2 aliphatic rings. The lowest BCUT2D eigenvalue weighted by molar-refractivity contribution is -0.118. The Bertz CT molecular complexity index is 1200. The third kappa shape index (κ3) is 5.88. The molecule has 0 unspecified atom stereocenters. The minimum absolute atomic E-state index is 0.0879. The van der Waals surface area contributed by atoms with E-state index in [4.69, 9.17) is 0 Å². The standard InChI is InChI=1S/C30H32N2O4/c1-29(2)13-25(33)23(26(34)14-29)17-31-21-9-5-19(6-10-21)20-7-11-22(12-8-20)32-18-24-27(35)15-30(3,4)16-28(24)36/h5-12,17-18,33,35H,13-16H2,1-4H3. The zero-order valence-electron chi connectivity index (χ0n) is 21.2. The lowest BCUT2D eigenvalue weighted by Gasteiger charge is -2.28. The number of hydrogen-bond acceptors (Lipinski definition) is 6. The molecule has 0 fully saturated rings. The Labute approximate surface area is 211 Å². The number of rotatable bonds is 5. The normalized spacial score (nSPS) is 20.1. The van der Waals surface area contributed by atoms with Crippen molar-refractivity contribution in [2.75, 3.05) is 0 Å². The minimum atomic E-state index is -0.232. The molecule has 0 heterocycles. The number of ketones is 2. The van der Waals surface area contributed by atoms with E-state index in [0.717, 1.165) is 11.1 Å². The summed E-state index contributed by atoms with van der Waals surface area (Å²) in [7, 11) is 0. The molecule has 0 saturated carbocycles. The number of hydrogen-bond donors (Lipinski definition) is 2. The number of aliphatic hydroxyl groups is 2. The summed E-state index contributed by atoms with van der Waals surface area (Å²) in [5.74, 6) is 0.0234. The number of aliphatic hydroxyl groups excluding tert-OH is 2. The van der Waals surface area contributed by atoms with Crippen molar-refractivity contribution in [1.29, 1.82) is 0 Å². The summed E-state index contributed by atoms with van der Waals surface area (Å²) in [5.41, 5.74) is 3.47. The Kier molecular flexibility index (Phi) is 6.81. The van der Waals surface area contributed by atoms with Gasteiger partial charge in [0.15, 0.2) is 11.6 Å². The van der Waals surface area contributed by atoms with Crippen LogP contribution in [0.2, 0.25) is 0 Å². The monoisotopic (exact) mass is 484 g/mol. The van der Waals surface area contributed by atoms with Crippen LogP contribution in [-0.2, 0) is 9.59 Å². The highest BCUT2D eigenvalue weighted by molar-refractivity contribution is 6.15. The van der Waals surface area contributed by atoms with Crippen molar-refractivity contribution in [2.45, 2.75) is 53.4 Å². The molecule has 2 N–H and O–H groups in total. The molecule has 0 atom stereocenters. The molecule has 6 nitrogen and oxygen atoms in total. The van der Waals surface area contributed by atoms with Gasteiger partial charge in [-0.1, -0.05) is 52.0 Å². The van der Waals surface area contributed by atoms with Gasteiger partial charge in [-0.05, 0) is 46.2 Å². The van der Waals surface area contributed by atoms with E-state index in [1.807, 2.05) is 76.2 Å². The lowest BCUT2D eigenvalue weighted by atomic mass is 9.77. The van der Waals surface area contributed by atoms with E-state index >= 15 is 0 Å². The van der Waals surface area contributed by atoms with Crippen molar-refractivity contribution in [1.82, 2.24) is 0 Å². The lowest BCUT2D eigenvalue weighted by Crippen LogP contribution is -2.26. The van der Waals surface area contributed by atoms with Crippen molar-refractivity contribution < 1.29 is 19.8 Å². The molecule has 0 spiro atoms. The summed E-state index contributed by atoms with van der Waals surface area (Å²) >= 11 is 0. The topological polar surface area (TPSA) is 99.3 Å². The molecule has 0 aliphatic heterocycles. The van der Waals surface area contributed by atoms with Crippen LogP contribution >= 0.6 is 0 Å². The first kappa shape index (κ1) is 25.3. The van der Waals surface area contributed by atoms with Gasteiger partial charge in [0.05, 0.1) is 22.5 Å². The number of carbonyl (C=O) groups excluding carboxylic acids is 2. The second kappa shape index (κ2) is 9.69. The Hall–Kier alpha value is -3.80. The third-order valence-corrected chi connectivity index (χ3v) is 6.55. The number of aliphatic imine (C=N–C) groups is 2. The van der Waals surface area contributed by atoms with Crippen molar-refractivity contribution in [2.24, 2.45) is 20.8 Å². The smallest absolute Gasteiger partial charge is 0.168 e. The highest BCUT2D eigenvalue weighted by Crippen LogP contribution is 2.36. The van der Waals surface area contributed by atoms with Gasteiger partial charge in [0, 0.05) is 38.1 Å². The Balaban J connectivity index is 1.44. The largest absolute Gasteiger partial charge is 0.511 e. The van der Waals surface area contributed by atoms with Crippen LogP contribution < -0.4 is 0 Å². The number of Topliss-reactive ketones (excluding diaryl/α,β-unsaturated/α-hetero) is 2. The summed E-state index contributed by atoms with van der Waals surface area (Å²) in [6.45, 7) is 7.86. The molecular formula is C30H32N2O4. The minimum Gasteiger partial charge on any atom is -0.511 e. The van der Waals surface area contributed by atoms with Crippen LogP contribution in [0, 0.1) is 10.8 Å². The van der Waals surface area contributed by atoms with Crippen LogP contribution in [0.4, 0.5) is 11.4 Å². The third-order valence-electron chi connectivity index (χ3n) is 6.55. The fourth-order valence-corrected chi connectivity index (χ4v) is 4.65. The molecule has 2 aliphatic carbocycles. The number of carbonyl (C=O) groups is 2. The predicted octanol–water partition coefficient (Wildman–Crippen LogP) is 7.16. The fraction of sp³-hybridized carbons (Fsp3) is 0.333. The van der Waals surface area contributed by atoms with Gasteiger partial charge in [-0.25, -0.2) is 0 Å². The number of allylic oxidation sites excluding steroid dienone is 4. The van der Waals surface area contributed by atoms with E-state index in [1.165, 1.54) is 12.4 Å². The van der Waals surface area contributed by atoms with Gasteiger partial charge < -0.3 is 10.2 Å².